The van der Waals surface area contributed by atoms with E-state index in [0.717, 1.165) is 6.54 Å². The third-order valence-corrected chi connectivity index (χ3v) is 2.74. The van der Waals surface area contributed by atoms with Crippen molar-refractivity contribution < 1.29 is 0 Å². The van der Waals surface area contributed by atoms with Crippen LogP contribution >= 0.6 is 0 Å². The quantitative estimate of drug-likeness (QED) is 0.691. The van der Waals surface area contributed by atoms with Gasteiger partial charge >= 0.3 is 0 Å². The van der Waals surface area contributed by atoms with Crippen LogP contribution in [0.4, 0.5) is 5.69 Å². The Morgan fingerprint density at radius 3 is 2.92 bits per heavy atom. The zero-order valence-electron chi connectivity index (χ0n) is 8.43. The van der Waals surface area contributed by atoms with Gasteiger partial charge in [0.25, 0.3) is 0 Å². The van der Waals surface area contributed by atoms with E-state index in [1.54, 1.807) is 0 Å². The van der Waals surface area contributed by atoms with Crippen LogP contribution < -0.4 is 5.32 Å². The number of hydrogen-bond donors (Lipinski definition) is 1. The summed E-state index contributed by atoms with van der Waals surface area (Å²) in [7, 11) is 0. The van der Waals surface area contributed by atoms with Gasteiger partial charge in [0.1, 0.15) is 0 Å². The van der Waals surface area contributed by atoms with Gasteiger partial charge in [-0.05, 0) is 36.0 Å². The Hall–Kier alpha value is -0.980. The fraction of sp³-hybridized carbons (Fsp3) is 0.500. The van der Waals surface area contributed by atoms with Crippen LogP contribution in [0, 0.1) is 0 Å². The van der Waals surface area contributed by atoms with Crippen molar-refractivity contribution in [3.8, 4) is 0 Å². The minimum Gasteiger partial charge on any atom is -0.385 e. The third-order valence-electron chi connectivity index (χ3n) is 2.74. The van der Waals surface area contributed by atoms with Crippen LogP contribution in [0.1, 0.15) is 37.3 Å². The highest BCUT2D eigenvalue weighted by Crippen LogP contribution is 2.26. The molecule has 0 bridgehead atoms. The Morgan fingerprint density at radius 1 is 1.31 bits per heavy atom. The molecule has 1 nitrogen and oxygen atoms in total. The summed E-state index contributed by atoms with van der Waals surface area (Å²) in [5.74, 6) is 0.633. The van der Waals surface area contributed by atoms with Crippen molar-refractivity contribution in [2.45, 2.75) is 32.6 Å². The van der Waals surface area contributed by atoms with Crippen molar-refractivity contribution in [2.24, 2.45) is 0 Å². The maximum atomic E-state index is 3.46. The van der Waals surface area contributed by atoms with E-state index in [1.165, 1.54) is 29.7 Å². The van der Waals surface area contributed by atoms with E-state index in [-0.39, 0.29) is 0 Å². The Labute approximate surface area is 80.2 Å². The largest absolute Gasteiger partial charge is 0.385 e. The summed E-state index contributed by atoms with van der Waals surface area (Å²) in [6.45, 7) is 5.61. The molecule has 1 aromatic rings. The number of anilines is 1. The molecule has 1 aliphatic heterocycles. The van der Waals surface area contributed by atoms with Crippen LogP contribution in [0.2, 0.25) is 0 Å². The van der Waals surface area contributed by atoms with Crippen LogP contribution in [-0.2, 0) is 6.42 Å². The molecule has 0 aliphatic carbocycles. The summed E-state index contributed by atoms with van der Waals surface area (Å²) >= 11 is 0. The number of aryl methyl sites for hydroxylation is 1. The molecule has 0 fully saturated rings. The second-order valence-electron chi connectivity index (χ2n) is 4.10. The lowest BCUT2D eigenvalue weighted by Gasteiger charge is -2.19. The Kier molecular flexibility index (Phi) is 2.26. The molecule has 1 aliphatic rings. The number of rotatable bonds is 1. The number of benzene rings is 1. The highest BCUT2D eigenvalue weighted by atomic mass is 14.9. The molecule has 1 N–H and O–H groups in total. The Balaban J connectivity index is 2.35. The normalized spacial score (nSPS) is 15.3. The Morgan fingerprint density at radius 2 is 2.15 bits per heavy atom. The van der Waals surface area contributed by atoms with Gasteiger partial charge in [0.05, 0.1) is 0 Å². The lowest BCUT2D eigenvalue weighted by atomic mass is 9.96. The molecule has 0 amide bonds. The average Bonchev–Trinajstić information content (AvgIpc) is 2.17. The predicted molar refractivity (Wildman–Crippen MR) is 57.3 cm³/mol. The van der Waals surface area contributed by atoms with Crippen molar-refractivity contribution in [1.29, 1.82) is 0 Å². The van der Waals surface area contributed by atoms with Crippen LogP contribution in [-0.4, -0.2) is 6.54 Å². The van der Waals surface area contributed by atoms with Gasteiger partial charge in [0.2, 0.25) is 0 Å². The molecule has 0 spiro atoms. The first kappa shape index (κ1) is 8.61. The summed E-state index contributed by atoms with van der Waals surface area (Å²) < 4.78 is 0. The van der Waals surface area contributed by atoms with E-state index in [4.69, 9.17) is 0 Å². The van der Waals surface area contributed by atoms with Crippen LogP contribution in [0.3, 0.4) is 0 Å². The average molecular weight is 175 g/mol. The SMILES string of the molecule is CC(C)c1ccc2c(c1)NCCC2. The van der Waals surface area contributed by atoms with Gasteiger partial charge in [-0.3, -0.25) is 0 Å². The van der Waals surface area contributed by atoms with Crippen molar-refractivity contribution in [2.75, 3.05) is 11.9 Å². The molecule has 0 saturated carbocycles. The summed E-state index contributed by atoms with van der Waals surface area (Å²) in [6, 6.07) is 6.84. The smallest absolute Gasteiger partial charge is 0.0375 e. The summed E-state index contributed by atoms with van der Waals surface area (Å²) in [5.41, 5.74) is 4.28. The summed E-state index contributed by atoms with van der Waals surface area (Å²) in [4.78, 5) is 0. The highest BCUT2D eigenvalue weighted by Gasteiger charge is 2.09. The monoisotopic (exact) mass is 175 g/mol. The maximum absolute atomic E-state index is 3.46. The molecule has 2 rings (SSSR count). The number of hydrogen-bond acceptors (Lipinski definition) is 1. The summed E-state index contributed by atoms with van der Waals surface area (Å²) in [6.07, 6.45) is 2.51. The fourth-order valence-corrected chi connectivity index (χ4v) is 1.84. The van der Waals surface area contributed by atoms with Gasteiger partial charge < -0.3 is 5.32 Å². The molecular formula is C12H17N. The molecule has 13 heavy (non-hydrogen) atoms. The molecular weight excluding hydrogens is 158 g/mol. The van der Waals surface area contributed by atoms with Crippen molar-refractivity contribution in [3.63, 3.8) is 0 Å². The molecule has 0 atom stereocenters. The third kappa shape index (κ3) is 1.69. The number of fused-ring (bicyclic) bond motifs is 1. The Bertz CT molecular complexity index is 302. The molecule has 1 heterocycles. The van der Waals surface area contributed by atoms with Gasteiger partial charge in [0, 0.05) is 12.2 Å². The molecule has 0 aromatic heterocycles. The zero-order chi connectivity index (χ0) is 9.26. The first-order chi connectivity index (χ1) is 6.27. The minimum atomic E-state index is 0.633. The fourth-order valence-electron chi connectivity index (χ4n) is 1.84. The predicted octanol–water partition coefficient (Wildman–Crippen LogP) is 3.17. The maximum Gasteiger partial charge on any atom is 0.0375 e. The first-order valence-corrected chi connectivity index (χ1v) is 5.14. The molecule has 70 valence electrons. The minimum absolute atomic E-state index is 0.633. The second-order valence-corrected chi connectivity index (χ2v) is 4.10. The van der Waals surface area contributed by atoms with Gasteiger partial charge in [-0.2, -0.15) is 0 Å². The van der Waals surface area contributed by atoms with Gasteiger partial charge in [-0.25, -0.2) is 0 Å². The van der Waals surface area contributed by atoms with E-state index in [0.29, 0.717) is 5.92 Å². The number of nitrogens with one attached hydrogen (secondary N) is 1. The van der Waals surface area contributed by atoms with Crippen molar-refractivity contribution in [3.05, 3.63) is 29.3 Å². The standard InChI is InChI=1S/C12H17N/c1-9(2)11-6-5-10-4-3-7-13-12(10)8-11/h5-6,8-9,13H,3-4,7H2,1-2H3. The van der Waals surface area contributed by atoms with Crippen molar-refractivity contribution in [1.82, 2.24) is 0 Å². The van der Waals surface area contributed by atoms with Gasteiger partial charge in [-0.15, -0.1) is 0 Å². The van der Waals surface area contributed by atoms with E-state index in [2.05, 4.69) is 37.4 Å². The van der Waals surface area contributed by atoms with Crippen LogP contribution in [0.15, 0.2) is 18.2 Å². The molecule has 1 aromatic carbocycles. The topological polar surface area (TPSA) is 12.0 Å². The molecule has 0 saturated heterocycles. The lowest BCUT2D eigenvalue weighted by molar-refractivity contribution is 0.819. The van der Waals surface area contributed by atoms with E-state index >= 15 is 0 Å². The first-order valence-electron chi connectivity index (χ1n) is 5.14. The highest BCUT2D eigenvalue weighted by molar-refractivity contribution is 5.55. The van der Waals surface area contributed by atoms with Gasteiger partial charge in [0.15, 0.2) is 0 Å². The van der Waals surface area contributed by atoms with Crippen molar-refractivity contribution >= 4 is 5.69 Å². The van der Waals surface area contributed by atoms with Crippen LogP contribution in [0.25, 0.3) is 0 Å². The van der Waals surface area contributed by atoms with E-state index in [1.807, 2.05) is 0 Å². The van der Waals surface area contributed by atoms with E-state index in [9.17, 15) is 0 Å². The zero-order valence-corrected chi connectivity index (χ0v) is 8.43. The van der Waals surface area contributed by atoms with Gasteiger partial charge in [-0.1, -0.05) is 26.0 Å². The molecule has 0 unspecified atom stereocenters. The van der Waals surface area contributed by atoms with Crippen LogP contribution in [0.5, 0.6) is 0 Å². The lowest BCUT2D eigenvalue weighted by Crippen LogP contribution is -2.11. The molecule has 0 radical (unpaired) electrons. The second kappa shape index (κ2) is 3.41. The summed E-state index contributed by atoms with van der Waals surface area (Å²) in [5, 5.41) is 3.46. The van der Waals surface area contributed by atoms with E-state index < -0.39 is 0 Å². The molecule has 1 heteroatoms.